The van der Waals surface area contributed by atoms with E-state index in [2.05, 4.69) is 4.98 Å². The zero-order valence-electron chi connectivity index (χ0n) is 7.87. The molecule has 0 bridgehead atoms. The summed E-state index contributed by atoms with van der Waals surface area (Å²) in [6.45, 7) is -0.00356. The first kappa shape index (κ1) is 11.3. The van der Waals surface area contributed by atoms with Crippen molar-refractivity contribution in [2.24, 2.45) is 5.73 Å². The molecule has 0 aliphatic rings. The van der Waals surface area contributed by atoms with Gasteiger partial charge in [-0.2, -0.15) is 5.26 Å². The van der Waals surface area contributed by atoms with Crippen LogP contribution in [0.25, 0.3) is 0 Å². The van der Waals surface area contributed by atoms with Crippen LogP contribution in [0.1, 0.15) is 23.1 Å². The summed E-state index contributed by atoms with van der Waals surface area (Å²) in [4.78, 5) is 3.62. The van der Waals surface area contributed by atoms with E-state index in [1.54, 1.807) is 0 Å². The Bertz CT molecular complexity index is 398. The molecule has 1 heterocycles. The predicted octanol–water partition coefficient (Wildman–Crippen LogP) is 1.13. The van der Waals surface area contributed by atoms with Crippen molar-refractivity contribution >= 4 is 5.82 Å². The third kappa shape index (κ3) is 2.19. The zero-order chi connectivity index (χ0) is 11.4. The zero-order valence-corrected chi connectivity index (χ0v) is 7.87. The third-order valence-electron chi connectivity index (χ3n) is 2.06. The van der Waals surface area contributed by atoms with Gasteiger partial charge in [0.05, 0.1) is 12.5 Å². The molecule has 0 aliphatic heterocycles. The van der Waals surface area contributed by atoms with Gasteiger partial charge in [-0.25, -0.2) is 13.8 Å². The number of nitrogen functional groups attached to an aromatic ring is 1. The van der Waals surface area contributed by atoms with Crippen molar-refractivity contribution in [1.29, 1.82) is 5.26 Å². The maximum absolute atomic E-state index is 12.6. The van der Waals surface area contributed by atoms with Crippen LogP contribution >= 0.6 is 0 Å². The molecule has 80 valence electrons. The number of nitriles is 1. The summed E-state index contributed by atoms with van der Waals surface area (Å²) in [5.41, 5.74) is 11.1. The van der Waals surface area contributed by atoms with Gasteiger partial charge in [0.25, 0.3) is 6.43 Å². The van der Waals surface area contributed by atoms with Crippen molar-refractivity contribution in [3.05, 3.63) is 22.9 Å². The van der Waals surface area contributed by atoms with Gasteiger partial charge in [-0.3, -0.25) is 0 Å². The molecular formula is C9H10F2N4. The summed E-state index contributed by atoms with van der Waals surface area (Å²) in [5, 5.41) is 8.54. The minimum Gasteiger partial charge on any atom is -0.383 e. The van der Waals surface area contributed by atoms with Crippen LogP contribution in [0.15, 0.2) is 6.20 Å². The SMILES string of the molecule is N#CCc1c(C(F)F)cnc(N)c1CN. The molecule has 4 N–H and O–H groups in total. The number of hydrogen-bond donors (Lipinski definition) is 2. The number of rotatable bonds is 3. The van der Waals surface area contributed by atoms with E-state index >= 15 is 0 Å². The van der Waals surface area contributed by atoms with Crippen LogP contribution in [-0.2, 0) is 13.0 Å². The van der Waals surface area contributed by atoms with Crippen molar-refractivity contribution in [3.63, 3.8) is 0 Å². The first-order chi connectivity index (χ1) is 7.11. The topological polar surface area (TPSA) is 88.7 Å². The summed E-state index contributed by atoms with van der Waals surface area (Å²) >= 11 is 0. The number of halogens is 2. The molecule has 6 heteroatoms. The quantitative estimate of drug-likeness (QED) is 0.785. The average Bonchev–Trinajstić information content (AvgIpc) is 2.18. The van der Waals surface area contributed by atoms with E-state index in [9.17, 15) is 8.78 Å². The van der Waals surface area contributed by atoms with Crippen molar-refractivity contribution in [2.45, 2.75) is 19.4 Å². The highest BCUT2D eigenvalue weighted by atomic mass is 19.3. The number of nitrogens with two attached hydrogens (primary N) is 2. The number of anilines is 1. The molecule has 0 atom stereocenters. The molecule has 0 aliphatic carbocycles. The summed E-state index contributed by atoms with van der Waals surface area (Å²) in [5.74, 6) is 0.104. The van der Waals surface area contributed by atoms with Gasteiger partial charge in [0.2, 0.25) is 0 Å². The molecule has 0 radical (unpaired) electrons. The van der Waals surface area contributed by atoms with Crippen LogP contribution in [0.4, 0.5) is 14.6 Å². The lowest BCUT2D eigenvalue weighted by Gasteiger charge is -2.12. The molecule has 0 unspecified atom stereocenters. The minimum atomic E-state index is -2.67. The smallest absolute Gasteiger partial charge is 0.265 e. The molecular weight excluding hydrogens is 202 g/mol. The summed E-state index contributed by atoms with van der Waals surface area (Å²) in [7, 11) is 0. The molecule has 0 saturated carbocycles. The van der Waals surface area contributed by atoms with Crippen LogP contribution in [0.3, 0.4) is 0 Å². The Kier molecular flexibility index (Phi) is 3.52. The lowest BCUT2D eigenvalue weighted by atomic mass is 10.0. The van der Waals surface area contributed by atoms with E-state index in [1.165, 1.54) is 0 Å². The Morgan fingerprint density at radius 1 is 1.47 bits per heavy atom. The number of aromatic nitrogens is 1. The predicted molar refractivity (Wildman–Crippen MR) is 50.8 cm³/mol. The summed E-state index contributed by atoms with van der Waals surface area (Å²) < 4.78 is 25.1. The second-order valence-corrected chi connectivity index (χ2v) is 2.90. The third-order valence-corrected chi connectivity index (χ3v) is 2.06. The number of alkyl halides is 2. The van der Waals surface area contributed by atoms with Crippen LogP contribution in [0.2, 0.25) is 0 Å². The van der Waals surface area contributed by atoms with Gasteiger partial charge in [-0.05, 0) is 5.56 Å². The van der Waals surface area contributed by atoms with Gasteiger partial charge in [0, 0.05) is 23.9 Å². The van der Waals surface area contributed by atoms with E-state index in [4.69, 9.17) is 16.7 Å². The summed E-state index contributed by atoms with van der Waals surface area (Å²) in [6.07, 6.45) is -1.82. The summed E-state index contributed by atoms with van der Waals surface area (Å²) in [6, 6.07) is 1.81. The van der Waals surface area contributed by atoms with Gasteiger partial charge in [-0.1, -0.05) is 0 Å². The highest BCUT2D eigenvalue weighted by Gasteiger charge is 2.18. The van der Waals surface area contributed by atoms with Gasteiger partial charge >= 0.3 is 0 Å². The maximum Gasteiger partial charge on any atom is 0.265 e. The Morgan fingerprint density at radius 3 is 2.60 bits per heavy atom. The molecule has 0 aromatic carbocycles. The average molecular weight is 212 g/mol. The van der Waals surface area contributed by atoms with E-state index in [-0.39, 0.29) is 29.9 Å². The Morgan fingerprint density at radius 2 is 2.13 bits per heavy atom. The number of hydrogen-bond acceptors (Lipinski definition) is 4. The molecule has 4 nitrogen and oxygen atoms in total. The first-order valence-electron chi connectivity index (χ1n) is 4.23. The van der Waals surface area contributed by atoms with E-state index in [0.717, 1.165) is 6.20 Å². The Hall–Kier alpha value is -1.74. The fraction of sp³-hybridized carbons (Fsp3) is 0.333. The second-order valence-electron chi connectivity index (χ2n) is 2.90. The van der Waals surface area contributed by atoms with E-state index in [0.29, 0.717) is 5.56 Å². The second kappa shape index (κ2) is 4.66. The standard InChI is InChI=1S/C9H10F2N4/c10-8(11)7-4-15-9(14)6(3-13)5(7)1-2-12/h4,8H,1,3,13H2,(H2,14,15). The number of nitrogens with zero attached hydrogens (tertiary/aromatic N) is 2. The van der Waals surface area contributed by atoms with Gasteiger partial charge in [0.1, 0.15) is 5.82 Å². The van der Waals surface area contributed by atoms with Crippen LogP contribution < -0.4 is 11.5 Å². The van der Waals surface area contributed by atoms with E-state index in [1.807, 2.05) is 6.07 Å². The van der Waals surface area contributed by atoms with E-state index < -0.39 is 6.43 Å². The number of pyridine rings is 1. The highest BCUT2D eigenvalue weighted by molar-refractivity contribution is 5.49. The normalized spacial score (nSPS) is 10.3. The fourth-order valence-corrected chi connectivity index (χ4v) is 1.33. The molecule has 1 rings (SSSR count). The monoisotopic (exact) mass is 212 g/mol. The Balaban J connectivity index is 3.36. The van der Waals surface area contributed by atoms with Crippen LogP contribution in [0, 0.1) is 11.3 Å². The molecule has 1 aromatic heterocycles. The molecule has 1 aromatic rings. The maximum atomic E-state index is 12.6. The lowest BCUT2D eigenvalue weighted by Crippen LogP contribution is -2.10. The van der Waals surface area contributed by atoms with Crippen LogP contribution in [0.5, 0.6) is 0 Å². The van der Waals surface area contributed by atoms with Gasteiger partial charge in [0.15, 0.2) is 0 Å². The minimum absolute atomic E-state index is 0.00356. The first-order valence-corrected chi connectivity index (χ1v) is 4.23. The molecule has 0 fully saturated rings. The van der Waals surface area contributed by atoms with Crippen molar-refractivity contribution in [2.75, 3.05) is 5.73 Å². The molecule has 15 heavy (non-hydrogen) atoms. The van der Waals surface area contributed by atoms with Crippen molar-refractivity contribution in [3.8, 4) is 6.07 Å². The van der Waals surface area contributed by atoms with Gasteiger partial charge < -0.3 is 11.5 Å². The lowest BCUT2D eigenvalue weighted by molar-refractivity contribution is 0.150. The Labute approximate surface area is 85.5 Å². The van der Waals surface area contributed by atoms with Crippen molar-refractivity contribution < 1.29 is 8.78 Å². The van der Waals surface area contributed by atoms with Gasteiger partial charge in [-0.15, -0.1) is 0 Å². The fourth-order valence-electron chi connectivity index (χ4n) is 1.33. The van der Waals surface area contributed by atoms with Crippen LogP contribution in [-0.4, -0.2) is 4.98 Å². The van der Waals surface area contributed by atoms with Crippen molar-refractivity contribution in [1.82, 2.24) is 4.98 Å². The molecule has 0 amide bonds. The largest absolute Gasteiger partial charge is 0.383 e. The molecule has 0 saturated heterocycles. The highest BCUT2D eigenvalue weighted by Crippen LogP contribution is 2.27. The molecule has 0 spiro atoms.